The number of halogens is 2. The number of pyridine rings is 1. The lowest BCUT2D eigenvalue weighted by Crippen LogP contribution is -2.27. The molecule has 0 spiro atoms. The van der Waals surface area contributed by atoms with Crippen LogP contribution in [0.15, 0.2) is 42.6 Å². The van der Waals surface area contributed by atoms with Gasteiger partial charge < -0.3 is 5.32 Å². The Kier molecular flexibility index (Phi) is 4.13. The minimum atomic E-state index is -0.545. The average Bonchev–Trinajstić information content (AvgIpc) is 3.34. The third kappa shape index (κ3) is 3.13. The summed E-state index contributed by atoms with van der Waals surface area (Å²) in [5.74, 6) is -0.287. The number of aromatic nitrogens is 1. The van der Waals surface area contributed by atoms with Crippen molar-refractivity contribution in [3.05, 3.63) is 54.0 Å². The van der Waals surface area contributed by atoms with Gasteiger partial charge in [0, 0.05) is 24.2 Å². The number of hydrogen-bond acceptors (Lipinski definition) is 2. The molecular weight excluding hydrogens is 286 g/mol. The molecular formula is C17H16F2N2O. The van der Waals surface area contributed by atoms with Crippen molar-refractivity contribution in [2.75, 3.05) is 13.2 Å². The summed E-state index contributed by atoms with van der Waals surface area (Å²) in [5, 5.41) is 2.57. The summed E-state index contributed by atoms with van der Waals surface area (Å²) in [6.45, 7) is -0.471. The van der Waals surface area contributed by atoms with Crippen molar-refractivity contribution in [2.24, 2.45) is 5.92 Å². The lowest BCUT2D eigenvalue weighted by molar-refractivity contribution is -0.122. The molecule has 1 aliphatic rings. The van der Waals surface area contributed by atoms with E-state index in [4.69, 9.17) is 0 Å². The number of carbonyl (C=O) groups excluding carboxylic acids is 1. The Labute approximate surface area is 127 Å². The second-order valence-corrected chi connectivity index (χ2v) is 5.41. The minimum Gasteiger partial charge on any atom is -0.353 e. The monoisotopic (exact) mass is 302 g/mol. The molecule has 5 heteroatoms. The summed E-state index contributed by atoms with van der Waals surface area (Å²) in [5.41, 5.74) is 2.62. The third-order valence-electron chi connectivity index (χ3n) is 3.88. The number of rotatable bonds is 5. The Morgan fingerprint density at radius 3 is 2.64 bits per heavy atom. The lowest BCUT2D eigenvalue weighted by Gasteiger charge is -2.04. The highest BCUT2D eigenvalue weighted by molar-refractivity contribution is 5.82. The van der Waals surface area contributed by atoms with E-state index in [0.29, 0.717) is 0 Å². The first-order valence-corrected chi connectivity index (χ1v) is 7.24. The molecule has 0 bridgehead atoms. The largest absolute Gasteiger partial charge is 0.353 e. The molecule has 1 aromatic heterocycles. The Morgan fingerprint density at radius 2 is 2.00 bits per heavy atom. The number of nitrogens with one attached hydrogen (secondary N) is 1. The van der Waals surface area contributed by atoms with Crippen LogP contribution in [0.5, 0.6) is 0 Å². The SMILES string of the molecule is O=C(NCCF)[C@@H]1C[C@H]1c1ccc(-c2ccc(F)cc2)nc1. The maximum atomic E-state index is 12.9. The maximum absolute atomic E-state index is 12.9. The molecule has 3 rings (SSSR count). The number of benzene rings is 1. The minimum absolute atomic E-state index is 0.0732. The highest BCUT2D eigenvalue weighted by atomic mass is 19.1. The number of amides is 1. The Hall–Kier alpha value is -2.30. The van der Waals surface area contributed by atoms with Crippen LogP contribution in [0.3, 0.4) is 0 Å². The van der Waals surface area contributed by atoms with Crippen molar-refractivity contribution >= 4 is 5.91 Å². The summed E-state index contributed by atoms with van der Waals surface area (Å²) in [4.78, 5) is 16.1. The van der Waals surface area contributed by atoms with E-state index in [2.05, 4.69) is 10.3 Å². The molecule has 0 radical (unpaired) electrons. The van der Waals surface area contributed by atoms with E-state index in [0.717, 1.165) is 23.2 Å². The Bertz CT molecular complexity index is 655. The fourth-order valence-electron chi connectivity index (χ4n) is 2.57. The number of carbonyl (C=O) groups is 1. The fraction of sp³-hybridized carbons (Fsp3) is 0.294. The zero-order chi connectivity index (χ0) is 15.5. The van der Waals surface area contributed by atoms with E-state index in [9.17, 15) is 13.6 Å². The normalized spacial score (nSPS) is 19.7. The first-order valence-electron chi connectivity index (χ1n) is 7.24. The zero-order valence-corrected chi connectivity index (χ0v) is 11.9. The van der Waals surface area contributed by atoms with Crippen molar-refractivity contribution < 1.29 is 13.6 Å². The molecule has 1 fully saturated rings. The van der Waals surface area contributed by atoms with Gasteiger partial charge in [-0.25, -0.2) is 8.78 Å². The lowest BCUT2D eigenvalue weighted by atomic mass is 10.1. The molecule has 2 atom stereocenters. The van der Waals surface area contributed by atoms with Crippen LogP contribution < -0.4 is 5.32 Å². The molecule has 22 heavy (non-hydrogen) atoms. The number of nitrogens with zero attached hydrogens (tertiary/aromatic N) is 1. The van der Waals surface area contributed by atoms with E-state index in [-0.39, 0.29) is 30.1 Å². The predicted molar refractivity (Wildman–Crippen MR) is 79.5 cm³/mol. The van der Waals surface area contributed by atoms with E-state index in [1.54, 1.807) is 18.3 Å². The molecule has 1 aromatic carbocycles. The van der Waals surface area contributed by atoms with Gasteiger partial charge in [0.15, 0.2) is 0 Å². The van der Waals surface area contributed by atoms with Crippen LogP contribution >= 0.6 is 0 Å². The summed E-state index contributed by atoms with van der Waals surface area (Å²) >= 11 is 0. The van der Waals surface area contributed by atoms with Gasteiger partial charge in [0.05, 0.1) is 5.69 Å². The molecule has 1 heterocycles. The average molecular weight is 302 g/mol. The van der Waals surface area contributed by atoms with Gasteiger partial charge in [-0.2, -0.15) is 0 Å². The molecule has 0 unspecified atom stereocenters. The van der Waals surface area contributed by atoms with E-state index < -0.39 is 6.67 Å². The summed E-state index contributed by atoms with van der Waals surface area (Å²) in [7, 11) is 0. The molecule has 1 amide bonds. The summed E-state index contributed by atoms with van der Waals surface area (Å²) < 4.78 is 24.9. The smallest absolute Gasteiger partial charge is 0.223 e. The van der Waals surface area contributed by atoms with Gasteiger partial charge >= 0.3 is 0 Å². The summed E-state index contributed by atoms with van der Waals surface area (Å²) in [6, 6.07) is 9.98. The fourth-order valence-corrected chi connectivity index (χ4v) is 2.57. The quantitative estimate of drug-likeness (QED) is 0.922. The highest BCUT2D eigenvalue weighted by Gasteiger charge is 2.43. The van der Waals surface area contributed by atoms with Gasteiger partial charge in [-0.1, -0.05) is 6.07 Å². The van der Waals surface area contributed by atoms with Crippen molar-refractivity contribution in [3.63, 3.8) is 0 Å². The molecule has 0 aliphatic heterocycles. The second-order valence-electron chi connectivity index (χ2n) is 5.41. The number of alkyl halides is 1. The van der Waals surface area contributed by atoms with E-state index >= 15 is 0 Å². The Balaban J connectivity index is 1.66. The molecule has 1 aliphatic carbocycles. The van der Waals surface area contributed by atoms with Crippen LogP contribution in [0.4, 0.5) is 8.78 Å². The van der Waals surface area contributed by atoms with Gasteiger partial charge in [-0.15, -0.1) is 0 Å². The van der Waals surface area contributed by atoms with Gasteiger partial charge in [-0.05, 0) is 48.2 Å². The highest BCUT2D eigenvalue weighted by Crippen LogP contribution is 2.47. The van der Waals surface area contributed by atoms with Crippen molar-refractivity contribution in [1.82, 2.24) is 10.3 Å². The standard InChI is InChI=1S/C17H16F2N2O/c18-7-8-20-17(22)15-9-14(15)12-3-6-16(21-10-12)11-1-4-13(19)5-2-11/h1-6,10,14-15H,7-9H2,(H,20,22)/t14-,15+/m0/s1. The van der Waals surface area contributed by atoms with Crippen molar-refractivity contribution in [3.8, 4) is 11.3 Å². The van der Waals surface area contributed by atoms with Gasteiger partial charge in [-0.3, -0.25) is 9.78 Å². The van der Waals surface area contributed by atoms with Crippen LogP contribution in [0.2, 0.25) is 0 Å². The van der Waals surface area contributed by atoms with E-state index in [1.165, 1.54) is 12.1 Å². The van der Waals surface area contributed by atoms with Gasteiger partial charge in [0.1, 0.15) is 12.5 Å². The molecule has 1 saturated carbocycles. The number of hydrogen-bond donors (Lipinski definition) is 1. The third-order valence-corrected chi connectivity index (χ3v) is 3.88. The van der Waals surface area contributed by atoms with Crippen molar-refractivity contribution in [2.45, 2.75) is 12.3 Å². The topological polar surface area (TPSA) is 42.0 Å². The molecule has 1 N–H and O–H groups in total. The predicted octanol–water partition coefficient (Wildman–Crippen LogP) is 3.08. The molecule has 2 aromatic rings. The van der Waals surface area contributed by atoms with E-state index in [1.807, 2.05) is 12.1 Å². The van der Waals surface area contributed by atoms with Crippen LogP contribution in [-0.4, -0.2) is 24.1 Å². The molecule has 0 saturated heterocycles. The first-order chi connectivity index (χ1) is 10.7. The van der Waals surface area contributed by atoms with Crippen LogP contribution in [-0.2, 0) is 4.79 Å². The van der Waals surface area contributed by atoms with Gasteiger partial charge in [0.25, 0.3) is 0 Å². The second kappa shape index (κ2) is 6.22. The van der Waals surface area contributed by atoms with Crippen LogP contribution in [0.1, 0.15) is 17.9 Å². The van der Waals surface area contributed by atoms with Crippen molar-refractivity contribution in [1.29, 1.82) is 0 Å². The maximum Gasteiger partial charge on any atom is 0.223 e. The first kappa shape index (κ1) is 14.6. The molecule has 114 valence electrons. The molecule has 3 nitrogen and oxygen atoms in total. The summed E-state index contributed by atoms with van der Waals surface area (Å²) in [6.07, 6.45) is 2.53. The van der Waals surface area contributed by atoms with Crippen LogP contribution in [0, 0.1) is 11.7 Å². The van der Waals surface area contributed by atoms with Crippen LogP contribution in [0.25, 0.3) is 11.3 Å². The van der Waals surface area contributed by atoms with Gasteiger partial charge in [0.2, 0.25) is 5.91 Å². The zero-order valence-electron chi connectivity index (χ0n) is 11.9. The Morgan fingerprint density at radius 1 is 1.23 bits per heavy atom.